The van der Waals surface area contributed by atoms with Crippen LogP contribution in [0.4, 0.5) is 20.6 Å². The van der Waals surface area contributed by atoms with Crippen molar-refractivity contribution in [3.8, 4) is 16.9 Å². The van der Waals surface area contributed by atoms with Gasteiger partial charge in [0.05, 0.1) is 19.1 Å². The lowest BCUT2D eigenvalue weighted by Gasteiger charge is -2.34. The Labute approximate surface area is 269 Å². The largest absolute Gasteiger partial charge is 0.488 e. The molecule has 0 spiro atoms. The number of nitrogens with one attached hydrogen (secondary N) is 2. The zero-order chi connectivity index (χ0) is 32.6. The van der Waals surface area contributed by atoms with Gasteiger partial charge in [-0.3, -0.25) is 9.69 Å². The Morgan fingerprint density at radius 2 is 1.63 bits per heavy atom. The second-order valence-corrected chi connectivity index (χ2v) is 12.1. The van der Waals surface area contributed by atoms with E-state index in [9.17, 15) is 19.1 Å². The fourth-order valence-electron chi connectivity index (χ4n) is 5.67. The number of carbonyl (C=O) groups excluding carboxylic acids is 2. The Balaban J connectivity index is 1.32. The molecule has 0 aromatic heterocycles. The molecule has 1 aliphatic heterocycles. The summed E-state index contributed by atoms with van der Waals surface area (Å²) in [4.78, 5) is 30.1. The Kier molecular flexibility index (Phi) is 10.7. The summed E-state index contributed by atoms with van der Waals surface area (Å²) < 4.78 is 19.9. The molecule has 4 aromatic rings. The lowest BCUT2D eigenvalue weighted by atomic mass is 10.0. The molecule has 0 unspecified atom stereocenters. The van der Waals surface area contributed by atoms with Crippen molar-refractivity contribution in [3.05, 3.63) is 114 Å². The third-order valence-electron chi connectivity index (χ3n) is 8.28. The molecule has 0 radical (unpaired) electrons. The van der Waals surface area contributed by atoms with Gasteiger partial charge in [0.2, 0.25) is 5.91 Å². The molecule has 5 rings (SSSR count). The maximum Gasteiger partial charge on any atom is 0.323 e. The number of amides is 3. The van der Waals surface area contributed by atoms with Gasteiger partial charge in [-0.2, -0.15) is 0 Å². The molecule has 0 saturated heterocycles. The van der Waals surface area contributed by atoms with E-state index in [1.807, 2.05) is 25.1 Å². The van der Waals surface area contributed by atoms with E-state index in [1.165, 1.54) is 41.0 Å². The van der Waals surface area contributed by atoms with Crippen LogP contribution in [0.1, 0.15) is 25.0 Å². The molecule has 3 amide bonds. The van der Waals surface area contributed by atoms with Gasteiger partial charge in [0.15, 0.2) is 0 Å². The summed E-state index contributed by atoms with van der Waals surface area (Å²) in [6.45, 7) is 5.51. The summed E-state index contributed by atoms with van der Waals surface area (Å²) in [5.74, 6) is 0.0210. The summed E-state index contributed by atoms with van der Waals surface area (Å²) in [5, 5.41) is 15.4. The molecule has 0 saturated carbocycles. The number of benzene rings is 4. The van der Waals surface area contributed by atoms with Crippen molar-refractivity contribution in [1.29, 1.82) is 0 Å². The SMILES string of the molecule is C[C@H]1CN([C@@H](C)CO)C(=O)Cc2cc(NC(=O)Nc3ccc(F)cc3)ccc2O[C@@H]1CN(C)Cc1ccc(-c2ccccc2)cc1. The smallest absolute Gasteiger partial charge is 0.323 e. The van der Waals surface area contributed by atoms with Gasteiger partial charge in [-0.05, 0) is 73.1 Å². The predicted molar refractivity (Wildman–Crippen MR) is 179 cm³/mol. The Morgan fingerprint density at radius 3 is 2.33 bits per heavy atom. The zero-order valence-electron chi connectivity index (χ0n) is 26.4. The summed E-state index contributed by atoms with van der Waals surface area (Å²) in [6, 6.07) is 28.7. The molecular weight excluding hydrogens is 583 g/mol. The van der Waals surface area contributed by atoms with E-state index < -0.39 is 11.8 Å². The number of halogens is 1. The highest BCUT2D eigenvalue weighted by Gasteiger charge is 2.31. The van der Waals surface area contributed by atoms with Crippen LogP contribution >= 0.6 is 0 Å². The van der Waals surface area contributed by atoms with Crippen LogP contribution in [0.25, 0.3) is 11.1 Å². The third kappa shape index (κ3) is 8.50. The summed E-state index contributed by atoms with van der Waals surface area (Å²) in [5.41, 5.74) is 5.09. The van der Waals surface area contributed by atoms with Crippen LogP contribution < -0.4 is 15.4 Å². The standard InChI is InChI=1S/C37H41FN4O4/c1-25-21-42(26(2)24-43)36(44)20-30-19-33(40-37(45)39-32-15-13-31(38)14-16-32)17-18-34(30)46-35(25)23-41(3)22-27-9-11-29(12-10-27)28-7-5-4-6-8-28/h4-19,25-26,35,43H,20-24H2,1-3H3,(H2,39,40,45)/t25-,26-,35+/m0/s1. The number of aliphatic hydroxyl groups is 1. The van der Waals surface area contributed by atoms with E-state index >= 15 is 0 Å². The Bertz CT molecular complexity index is 1620. The van der Waals surface area contributed by atoms with Gasteiger partial charge in [-0.1, -0.05) is 61.5 Å². The van der Waals surface area contributed by atoms with Crippen molar-refractivity contribution < 1.29 is 23.8 Å². The first kappa shape index (κ1) is 32.7. The van der Waals surface area contributed by atoms with Crippen molar-refractivity contribution in [2.75, 3.05) is 37.4 Å². The van der Waals surface area contributed by atoms with Gasteiger partial charge in [-0.25, -0.2) is 9.18 Å². The molecular formula is C37H41FN4O4. The third-order valence-corrected chi connectivity index (χ3v) is 8.28. The van der Waals surface area contributed by atoms with Crippen molar-refractivity contribution in [3.63, 3.8) is 0 Å². The number of carbonyl (C=O) groups is 2. The molecule has 46 heavy (non-hydrogen) atoms. The predicted octanol–water partition coefficient (Wildman–Crippen LogP) is 6.42. The van der Waals surface area contributed by atoms with Gasteiger partial charge in [0, 0.05) is 42.5 Å². The van der Waals surface area contributed by atoms with E-state index in [1.54, 1.807) is 23.1 Å². The maximum atomic E-state index is 13.5. The van der Waals surface area contributed by atoms with Gasteiger partial charge in [-0.15, -0.1) is 0 Å². The first-order valence-corrected chi connectivity index (χ1v) is 15.5. The lowest BCUT2D eigenvalue weighted by molar-refractivity contribution is -0.134. The van der Waals surface area contributed by atoms with E-state index in [4.69, 9.17) is 4.74 Å². The normalized spacial score (nSPS) is 17.3. The van der Waals surface area contributed by atoms with Gasteiger partial charge in [0.1, 0.15) is 17.7 Å². The van der Waals surface area contributed by atoms with Crippen LogP contribution in [0.2, 0.25) is 0 Å². The molecule has 3 N–H and O–H groups in total. The number of fused-ring (bicyclic) bond motifs is 1. The van der Waals surface area contributed by atoms with Crippen LogP contribution in [-0.2, 0) is 17.8 Å². The van der Waals surface area contributed by atoms with Crippen molar-refractivity contribution in [2.45, 2.75) is 39.0 Å². The van der Waals surface area contributed by atoms with Crippen LogP contribution in [0.5, 0.6) is 5.75 Å². The molecule has 4 aromatic carbocycles. The molecule has 9 heteroatoms. The number of aliphatic hydroxyl groups excluding tert-OH is 1. The van der Waals surface area contributed by atoms with Crippen LogP contribution in [0.3, 0.4) is 0 Å². The first-order chi connectivity index (χ1) is 22.2. The second kappa shape index (κ2) is 15.0. The topological polar surface area (TPSA) is 94.1 Å². The van der Waals surface area contributed by atoms with Crippen molar-refractivity contribution in [2.24, 2.45) is 5.92 Å². The summed E-state index contributed by atoms with van der Waals surface area (Å²) >= 11 is 0. The van der Waals surface area contributed by atoms with Crippen molar-refractivity contribution >= 4 is 23.3 Å². The molecule has 1 aliphatic rings. The molecule has 8 nitrogen and oxygen atoms in total. The molecule has 1 heterocycles. The molecule has 0 aliphatic carbocycles. The monoisotopic (exact) mass is 624 g/mol. The summed E-state index contributed by atoms with van der Waals surface area (Å²) in [7, 11) is 2.06. The van der Waals surface area contributed by atoms with Gasteiger partial charge in [0.25, 0.3) is 0 Å². The van der Waals surface area contributed by atoms with Crippen molar-refractivity contribution in [1.82, 2.24) is 9.80 Å². The number of hydrogen-bond acceptors (Lipinski definition) is 5. The van der Waals surface area contributed by atoms with Gasteiger partial charge < -0.3 is 25.4 Å². The number of nitrogens with zero attached hydrogens (tertiary/aromatic N) is 2. The molecule has 3 atom stereocenters. The Hall–Kier alpha value is -4.73. The number of likely N-dealkylation sites (N-methyl/N-ethyl adjacent to an activating group) is 1. The fourth-order valence-corrected chi connectivity index (χ4v) is 5.67. The number of rotatable bonds is 9. The van der Waals surface area contributed by atoms with E-state index in [0.717, 1.165) is 6.54 Å². The average Bonchev–Trinajstić information content (AvgIpc) is 3.09. The quantitative estimate of drug-likeness (QED) is 0.200. The second-order valence-electron chi connectivity index (χ2n) is 12.1. The number of urea groups is 1. The van der Waals surface area contributed by atoms with Crippen LogP contribution in [0.15, 0.2) is 97.1 Å². The maximum absolute atomic E-state index is 13.5. The Morgan fingerprint density at radius 1 is 0.978 bits per heavy atom. The lowest BCUT2D eigenvalue weighted by Crippen LogP contribution is -2.47. The highest BCUT2D eigenvalue weighted by molar-refractivity contribution is 6.00. The van der Waals surface area contributed by atoms with E-state index in [-0.39, 0.29) is 37.0 Å². The van der Waals surface area contributed by atoms with Gasteiger partial charge >= 0.3 is 6.03 Å². The number of ether oxygens (including phenoxy) is 1. The number of anilines is 2. The molecule has 240 valence electrons. The average molecular weight is 625 g/mol. The zero-order valence-corrected chi connectivity index (χ0v) is 26.4. The molecule has 0 fully saturated rings. The molecule has 0 bridgehead atoms. The van der Waals surface area contributed by atoms with Crippen LogP contribution in [0, 0.1) is 11.7 Å². The minimum Gasteiger partial charge on any atom is -0.488 e. The van der Waals surface area contributed by atoms with E-state index in [0.29, 0.717) is 35.8 Å². The minimum atomic E-state index is -0.498. The highest BCUT2D eigenvalue weighted by Crippen LogP contribution is 2.30. The first-order valence-electron chi connectivity index (χ1n) is 15.5. The van der Waals surface area contributed by atoms with E-state index in [2.05, 4.69) is 65.9 Å². The number of hydrogen-bond donors (Lipinski definition) is 3. The highest BCUT2D eigenvalue weighted by atomic mass is 19.1. The minimum absolute atomic E-state index is 0.0360. The fraction of sp³-hybridized carbons (Fsp3) is 0.297. The van der Waals surface area contributed by atoms with Crippen LogP contribution in [-0.4, -0.2) is 65.7 Å². The summed E-state index contributed by atoms with van der Waals surface area (Å²) in [6.07, 6.45) is -0.204.